The lowest BCUT2D eigenvalue weighted by atomic mass is 9.92. The first-order chi connectivity index (χ1) is 12.5. The van der Waals surface area contributed by atoms with Crippen LogP contribution in [0.2, 0.25) is 10.0 Å². The molecule has 1 aliphatic rings. The molecule has 1 aliphatic heterocycles. The Balaban J connectivity index is 1.91. The van der Waals surface area contributed by atoms with E-state index in [1.54, 1.807) is 0 Å². The molecule has 1 fully saturated rings. The van der Waals surface area contributed by atoms with Crippen molar-refractivity contribution in [2.75, 3.05) is 4.90 Å². The lowest BCUT2D eigenvalue weighted by Crippen LogP contribution is -2.46. The molecule has 4 nitrogen and oxygen atoms in total. The largest absolute Gasteiger partial charge is 0.416 e. The number of rotatable bonds is 3. The van der Waals surface area contributed by atoms with E-state index < -0.39 is 29.2 Å². The van der Waals surface area contributed by atoms with E-state index >= 15 is 0 Å². The average molecular weight is 417 g/mol. The van der Waals surface area contributed by atoms with Gasteiger partial charge in [-0.1, -0.05) is 41.4 Å². The summed E-state index contributed by atoms with van der Waals surface area (Å²) in [7, 11) is 0. The maximum atomic E-state index is 12.9. The number of carbonyl (C=O) groups excluding carboxylic acids is 2. The van der Waals surface area contributed by atoms with Gasteiger partial charge in [0.2, 0.25) is 0 Å². The number of anilines is 1. The molecule has 0 bridgehead atoms. The number of nitrogens with zero attached hydrogens (tertiary/aromatic N) is 1. The van der Waals surface area contributed by atoms with Gasteiger partial charge in [-0.15, -0.1) is 0 Å². The first-order valence-electron chi connectivity index (χ1n) is 7.78. The monoisotopic (exact) mass is 416 g/mol. The summed E-state index contributed by atoms with van der Waals surface area (Å²) in [5.74, 6) is -0.608. The van der Waals surface area contributed by atoms with E-state index in [9.17, 15) is 22.8 Å². The maximum absolute atomic E-state index is 12.9. The second kappa shape index (κ2) is 6.73. The SMILES string of the molecule is CC1(Cc2cccc(C(F)(F)F)c2)NC(=O)N(c2cc(Cl)cc(Cl)c2)C1=O. The fraction of sp³-hybridized carbons (Fsp3) is 0.222. The zero-order valence-corrected chi connectivity index (χ0v) is 15.4. The highest BCUT2D eigenvalue weighted by atomic mass is 35.5. The Morgan fingerprint density at radius 2 is 1.70 bits per heavy atom. The molecule has 0 aliphatic carbocycles. The van der Waals surface area contributed by atoms with Gasteiger partial charge in [-0.25, -0.2) is 9.69 Å². The summed E-state index contributed by atoms with van der Waals surface area (Å²) in [4.78, 5) is 26.1. The summed E-state index contributed by atoms with van der Waals surface area (Å²) >= 11 is 11.8. The molecule has 2 aromatic carbocycles. The normalized spacial score (nSPS) is 20.1. The highest BCUT2D eigenvalue weighted by Crippen LogP contribution is 2.33. The summed E-state index contributed by atoms with van der Waals surface area (Å²) in [6.45, 7) is 1.46. The predicted molar refractivity (Wildman–Crippen MR) is 96.0 cm³/mol. The fourth-order valence-electron chi connectivity index (χ4n) is 2.97. The van der Waals surface area contributed by atoms with Gasteiger partial charge in [0, 0.05) is 16.5 Å². The van der Waals surface area contributed by atoms with Gasteiger partial charge in [0.1, 0.15) is 5.54 Å². The van der Waals surface area contributed by atoms with Crippen LogP contribution >= 0.6 is 23.2 Å². The topological polar surface area (TPSA) is 49.4 Å². The van der Waals surface area contributed by atoms with Crippen LogP contribution in [-0.4, -0.2) is 17.5 Å². The second-order valence-corrected chi connectivity index (χ2v) is 7.28. The summed E-state index contributed by atoms with van der Waals surface area (Å²) < 4.78 is 38.7. The first-order valence-corrected chi connectivity index (χ1v) is 8.54. The molecule has 1 unspecified atom stereocenters. The van der Waals surface area contributed by atoms with Crippen molar-refractivity contribution in [3.63, 3.8) is 0 Å². The molecule has 3 rings (SSSR count). The van der Waals surface area contributed by atoms with Crippen molar-refractivity contribution in [3.05, 3.63) is 63.6 Å². The lowest BCUT2D eigenvalue weighted by molar-refractivity contribution is -0.137. The Morgan fingerprint density at radius 3 is 2.30 bits per heavy atom. The molecule has 1 N–H and O–H groups in total. The number of halogens is 5. The number of hydrogen-bond acceptors (Lipinski definition) is 2. The van der Waals surface area contributed by atoms with Crippen LogP contribution in [0.5, 0.6) is 0 Å². The van der Waals surface area contributed by atoms with Crippen LogP contribution in [0, 0.1) is 0 Å². The van der Waals surface area contributed by atoms with E-state index in [0.717, 1.165) is 17.0 Å². The van der Waals surface area contributed by atoms with Gasteiger partial charge >= 0.3 is 12.2 Å². The number of hydrogen-bond donors (Lipinski definition) is 1. The number of alkyl halides is 3. The van der Waals surface area contributed by atoms with Crippen molar-refractivity contribution in [2.24, 2.45) is 0 Å². The van der Waals surface area contributed by atoms with E-state index in [1.807, 2.05) is 0 Å². The number of urea groups is 1. The molecule has 0 saturated carbocycles. The van der Waals surface area contributed by atoms with Crippen LogP contribution in [0.1, 0.15) is 18.1 Å². The number of imide groups is 1. The number of carbonyl (C=O) groups is 2. The standard InChI is InChI=1S/C18H13Cl2F3N2O2/c1-17(9-10-3-2-4-11(5-10)18(21,22)23)15(26)25(16(27)24-17)14-7-12(19)6-13(20)8-14/h2-8H,9H2,1H3,(H,24,27). The molecule has 1 heterocycles. The summed E-state index contributed by atoms with van der Waals surface area (Å²) in [6, 6.07) is 8.20. The van der Waals surface area contributed by atoms with Gasteiger partial charge in [0.25, 0.3) is 5.91 Å². The van der Waals surface area contributed by atoms with Gasteiger partial charge in [-0.2, -0.15) is 13.2 Å². The lowest BCUT2D eigenvalue weighted by Gasteiger charge is -2.22. The maximum Gasteiger partial charge on any atom is 0.416 e. The quantitative estimate of drug-likeness (QED) is 0.710. The molecule has 9 heteroatoms. The van der Waals surface area contributed by atoms with Crippen LogP contribution in [0.4, 0.5) is 23.7 Å². The smallest absolute Gasteiger partial charge is 0.323 e. The Hall–Kier alpha value is -2.25. The van der Waals surface area contributed by atoms with Gasteiger partial charge in [-0.05, 0) is 36.8 Å². The first kappa shape index (κ1) is 19.5. The molecular weight excluding hydrogens is 404 g/mol. The molecule has 1 saturated heterocycles. The molecule has 1 atom stereocenters. The molecule has 0 aromatic heterocycles. The van der Waals surface area contributed by atoms with Crippen molar-refractivity contribution in [3.8, 4) is 0 Å². The minimum atomic E-state index is -4.50. The number of amides is 3. The Labute approximate surface area is 162 Å². The average Bonchev–Trinajstić information content (AvgIpc) is 2.74. The third kappa shape index (κ3) is 3.89. The summed E-state index contributed by atoms with van der Waals surface area (Å²) in [5, 5.41) is 3.02. The Morgan fingerprint density at radius 1 is 1.07 bits per heavy atom. The predicted octanol–water partition coefficient (Wildman–Crippen LogP) is 5.07. The van der Waals surface area contributed by atoms with E-state index in [2.05, 4.69) is 5.32 Å². The zero-order chi connectivity index (χ0) is 20.0. The summed E-state index contributed by atoms with van der Waals surface area (Å²) in [5.41, 5.74) is -1.77. The van der Waals surface area contributed by atoms with Crippen LogP contribution in [0.15, 0.2) is 42.5 Å². The highest BCUT2D eigenvalue weighted by Gasteiger charge is 2.48. The van der Waals surface area contributed by atoms with Crippen LogP contribution in [-0.2, 0) is 17.4 Å². The van der Waals surface area contributed by atoms with Crippen molar-refractivity contribution in [1.82, 2.24) is 5.32 Å². The molecule has 142 valence electrons. The van der Waals surface area contributed by atoms with Crippen LogP contribution in [0.25, 0.3) is 0 Å². The van der Waals surface area contributed by atoms with Crippen molar-refractivity contribution in [1.29, 1.82) is 0 Å². The van der Waals surface area contributed by atoms with Crippen molar-refractivity contribution >= 4 is 40.8 Å². The second-order valence-electron chi connectivity index (χ2n) is 6.41. The number of benzene rings is 2. The molecule has 0 radical (unpaired) electrons. The third-order valence-electron chi connectivity index (χ3n) is 4.18. The van der Waals surface area contributed by atoms with Gasteiger partial charge < -0.3 is 5.32 Å². The molecule has 0 spiro atoms. The van der Waals surface area contributed by atoms with Gasteiger partial charge in [0.15, 0.2) is 0 Å². The Kier molecular flexibility index (Phi) is 4.86. The molecule has 27 heavy (non-hydrogen) atoms. The molecular formula is C18H13Cl2F3N2O2. The van der Waals surface area contributed by atoms with Gasteiger partial charge in [-0.3, -0.25) is 4.79 Å². The fourth-order valence-corrected chi connectivity index (χ4v) is 3.49. The van der Waals surface area contributed by atoms with Gasteiger partial charge in [0.05, 0.1) is 11.3 Å². The van der Waals surface area contributed by atoms with Crippen LogP contribution in [0.3, 0.4) is 0 Å². The highest BCUT2D eigenvalue weighted by molar-refractivity contribution is 6.35. The van der Waals surface area contributed by atoms with Crippen molar-refractivity contribution < 1.29 is 22.8 Å². The van der Waals surface area contributed by atoms with E-state index in [-0.39, 0.29) is 27.7 Å². The number of nitrogens with one attached hydrogen (secondary N) is 1. The molecule has 2 aromatic rings. The van der Waals surface area contributed by atoms with E-state index in [4.69, 9.17) is 23.2 Å². The minimum Gasteiger partial charge on any atom is -0.323 e. The minimum absolute atomic E-state index is 0.105. The van der Waals surface area contributed by atoms with E-state index in [0.29, 0.717) is 0 Å². The zero-order valence-electron chi connectivity index (χ0n) is 13.9. The van der Waals surface area contributed by atoms with Crippen molar-refractivity contribution in [2.45, 2.75) is 25.1 Å². The Bertz CT molecular complexity index is 913. The van der Waals surface area contributed by atoms with Crippen LogP contribution < -0.4 is 10.2 Å². The summed E-state index contributed by atoms with van der Waals surface area (Å²) in [6.07, 6.45) is -4.60. The molecule has 3 amide bonds. The third-order valence-corrected chi connectivity index (χ3v) is 4.61. The van der Waals surface area contributed by atoms with E-state index in [1.165, 1.54) is 37.3 Å².